The lowest BCUT2D eigenvalue weighted by atomic mass is 10.0. The van der Waals surface area contributed by atoms with Gasteiger partial charge < -0.3 is 9.84 Å². The van der Waals surface area contributed by atoms with Crippen molar-refractivity contribution in [1.82, 2.24) is 9.97 Å². The molecule has 0 amide bonds. The molecule has 2 heterocycles. The van der Waals surface area contributed by atoms with Crippen molar-refractivity contribution >= 4 is 5.97 Å². The van der Waals surface area contributed by atoms with Gasteiger partial charge in [0.05, 0.1) is 7.11 Å². The monoisotopic (exact) mass is 244 g/mol. The van der Waals surface area contributed by atoms with Crippen LogP contribution in [0.1, 0.15) is 16.1 Å². The van der Waals surface area contributed by atoms with Crippen LogP contribution in [0.2, 0.25) is 0 Å². The largest absolute Gasteiger partial charge is 0.481 e. The average Bonchev–Trinajstić information content (AvgIpc) is 2.38. The highest BCUT2D eigenvalue weighted by atomic mass is 16.5. The summed E-state index contributed by atoms with van der Waals surface area (Å²) in [6.45, 7) is 1.93. The van der Waals surface area contributed by atoms with Gasteiger partial charge in [0.1, 0.15) is 0 Å². The maximum Gasteiger partial charge on any atom is 0.354 e. The van der Waals surface area contributed by atoms with Gasteiger partial charge in [0.2, 0.25) is 5.88 Å². The van der Waals surface area contributed by atoms with Gasteiger partial charge >= 0.3 is 5.97 Å². The lowest BCUT2D eigenvalue weighted by Crippen LogP contribution is -2.02. The molecule has 0 unspecified atom stereocenters. The second kappa shape index (κ2) is 4.83. The molecule has 0 atom stereocenters. The number of hydrogen-bond donors (Lipinski definition) is 1. The van der Waals surface area contributed by atoms with Crippen molar-refractivity contribution in [3.63, 3.8) is 0 Å². The third-order valence-electron chi connectivity index (χ3n) is 2.58. The van der Waals surface area contributed by atoms with Crippen molar-refractivity contribution < 1.29 is 14.6 Å². The molecule has 0 aromatic carbocycles. The number of carbonyl (C=O) groups is 1. The SMILES string of the molecule is COc1cc(-c2cnccc2C)cc(C(=O)O)n1. The number of hydrogen-bond acceptors (Lipinski definition) is 4. The standard InChI is InChI=1S/C13H12N2O3/c1-8-3-4-14-7-10(8)9-5-11(13(16)17)15-12(6-9)18-2/h3-7H,1-2H3,(H,16,17). The fourth-order valence-corrected chi connectivity index (χ4v) is 1.64. The number of aromatic carboxylic acids is 1. The molecule has 0 saturated heterocycles. The smallest absolute Gasteiger partial charge is 0.354 e. The highest BCUT2D eigenvalue weighted by Crippen LogP contribution is 2.25. The zero-order valence-electron chi connectivity index (χ0n) is 10.0. The predicted molar refractivity (Wildman–Crippen MR) is 65.7 cm³/mol. The number of carboxylic acids is 1. The van der Waals surface area contributed by atoms with Crippen LogP contribution in [0.4, 0.5) is 0 Å². The number of rotatable bonds is 3. The second-order valence-electron chi connectivity index (χ2n) is 3.78. The van der Waals surface area contributed by atoms with E-state index < -0.39 is 5.97 Å². The Morgan fingerprint density at radius 1 is 1.39 bits per heavy atom. The van der Waals surface area contributed by atoms with Crippen LogP contribution >= 0.6 is 0 Å². The summed E-state index contributed by atoms with van der Waals surface area (Å²) in [5.74, 6) is -0.815. The summed E-state index contributed by atoms with van der Waals surface area (Å²) in [4.78, 5) is 18.9. The minimum Gasteiger partial charge on any atom is -0.481 e. The first-order valence-corrected chi connectivity index (χ1v) is 5.32. The summed E-state index contributed by atoms with van der Waals surface area (Å²) in [7, 11) is 1.45. The van der Waals surface area contributed by atoms with E-state index in [0.29, 0.717) is 0 Å². The van der Waals surface area contributed by atoms with E-state index in [9.17, 15) is 4.79 Å². The Kier molecular flexibility index (Phi) is 3.23. The van der Waals surface area contributed by atoms with E-state index in [1.54, 1.807) is 18.5 Å². The Labute approximate surface area is 104 Å². The van der Waals surface area contributed by atoms with E-state index in [1.165, 1.54) is 13.2 Å². The van der Waals surface area contributed by atoms with Gasteiger partial charge in [-0.1, -0.05) is 0 Å². The zero-order chi connectivity index (χ0) is 13.1. The van der Waals surface area contributed by atoms with Gasteiger partial charge in [-0.2, -0.15) is 0 Å². The number of methoxy groups -OCH3 is 1. The molecule has 92 valence electrons. The van der Waals surface area contributed by atoms with E-state index in [-0.39, 0.29) is 11.6 Å². The molecule has 5 heteroatoms. The van der Waals surface area contributed by atoms with Gasteiger partial charge in [0.25, 0.3) is 0 Å². The molecule has 0 aliphatic rings. The average molecular weight is 244 g/mol. The molecule has 0 bridgehead atoms. The number of pyridine rings is 2. The van der Waals surface area contributed by atoms with Gasteiger partial charge in [0, 0.05) is 24.0 Å². The lowest BCUT2D eigenvalue weighted by Gasteiger charge is -2.08. The van der Waals surface area contributed by atoms with Gasteiger partial charge in [-0.25, -0.2) is 9.78 Å². The topological polar surface area (TPSA) is 72.3 Å². The third kappa shape index (κ3) is 2.29. The minimum absolute atomic E-state index is 0.0485. The molecule has 2 rings (SSSR count). The summed E-state index contributed by atoms with van der Waals surface area (Å²) in [6, 6.07) is 5.06. The molecule has 0 aliphatic carbocycles. The third-order valence-corrected chi connectivity index (χ3v) is 2.58. The normalized spacial score (nSPS) is 10.1. The quantitative estimate of drug-likeness (QED) is 0.895. The van der Waals surface area contributed by atoms with Crippen LogP contribution in [0.3, 0.4) is 0 Å². The molecule has 0 aliphatic heterocycles. The zero-order valence-corrected chi connectivity index (χ0v) is 10.0. The highest BCUT2D eigenvalue weighted by molar-refractivity contribution is 5.87. The van der Waals surface area contributed by atoms with Crippen LogP contribution in [-0.4, -0.2) is 28.2 Å². The maximum atomic E-state index is 11.0. The molecule has 18 heavy (non-hydrogen) atoms. The van der Waals surface area contributed by atoms with Gasteiger partial charge in [-0.15, -0.1) is 0 Å². The first kappa shape index (κ1) is 12.0. The number of aryl methyl sites for hydroxylation is 1. The lowest BCUT2D eigenvalue weighted by molar-refractivity contribution is 0.0689. The van der Waals surface area contributed by atoms with Crippen LogP contribution in [-0.2, 0) is 0 Å². The summed E-state index contributed by atoms with van der Waals surface area (Å²) >= 11 is 0. The van der Waals surface area contributed by atoms with E-state index >= 15 is 0 Å². The number of carboxylic acid groups (broad SMARTS) is 1. The molecule has 0 spiro atoms. The summed E-state index contributed by atoms with van der Waals surface area (Å²) in [5, 5.41) is 9.01. The Balaban J connectivity index is 2.60. The molecule has 0 fully saturated rings. The molecular weight excluding hydrogens is 232 g/mol. The van der Waals surface area contributed by atoms with Gasteiger partial charge in [-0.05, 0) is 30.2 Å². The molecule has 2 aromatic heterocycles. The van der Waals surface area contributed by atoms with Crippen LogP contribution in [0.25, 0.3) is 11.1 Å². The molecule has 0 radical (unpaired) electrons. The van der Waals surface area contributed by atoms with Gasteiger partial charge in [0.15, 0.2) is 5.69 Å². The van der Waals surface area contributed by atoms with Crippen molar-refractivity contribution in [2.45, 2.75) is 6.92 Å². The van der Waals surface area contributed by atoms with Crippen molar-refractivity contribution in [1.29, 1.82) is 0 Å². The summed E-state index contributed by atoms with van der Waals surface area (Å²) < 4.78 is 5.01. The van der Waals surface area contributed by atoms with Crippen molar-refractivity contribution in [2.75, 3.05) is 7.11 Å². The Hall–Kier alpha value is -2.43. The second-order valence-corrected chi connectivity index (χ2v) is 3.78. The summed E-state index contributed by atoms with van der Waals surface area (Å²) in [6.07, 6.45) is 3.38. The van der Waals surface area contributed by atoms with E-state index in [0.717, 1.165) is 16.7 Å². The predicted octanol–water partition coefficient (Wildman–Crippen LogP) is 2.16. The maximum absolute atomic E-state index is 11.0. The molecule has 0 saturated carbocycles. The van der Waals surface area contributed by atoms with Gasteiger partial charge in [-0.3, -0.25) is 4.98 Å². The Bertz CT molecular complexity index is 597. The van der Waals surface area contributed by atoms with Crippen molar-refractivity contribution in [3.05, 3.63) is 41.9 Å². The molecular formula is C13H12N2O3. The fourth-order valence-electron chi connectivity index (χ4n) is 1.64. The first-order chi connectivity index (χ1) is 8.61. The number of aromatic nitrogens is 2. The molecule has 1 N–H and O–H groups in total. The molecule has 5 nitrogen and oxygen atoms in total. The van der Waals surface area contributed by atoms with Crippen LogP contribution in [0.15, 0.2) is 30.6 Å². The minimum atomic E-state index is -1.09. The van der Waals surface area contributed by atoms with Crippen molar-refractivity contribution in [2.24, 2.45) is 0 Å². The highest BCUT2D eigenvalue weighted by Gasteiger charge is 2.11. The van der Waals surface area contributed by atoms with E-state index in [2.05, 4.69) is 9.97 Å². The Morgan fingerprint density at radius 2 is 2.17 bits per heavy atom. The first-order valence-electron chi connectivity index (χ1n) is 5.32. The van der Waals surface area contributed by atoms with Crippen LogP contribution in [0, 0.1) is 6.92 Å². The Morgan fingerprint density at radius 3 is 2.78 bits per heavy atom. The number of ether oxygens (including phenoxy) is 1. The fraction of sp³-hybridized carbons (Fsp3) is 0.154. The summed E-state index contributed by atoms with van der Waals surface area (Å²) in [5.41, 5.74) is 2.55. The number of nitrogens with zero attached hydrogens (tertiary/aromatic N) is 2. The van der Waals surface area contributed by atoms with E-state index in [1.807, 2.05) is 13.0 Å². The van der Waals surface area contributed by atoms with E-state index in [4.69, 9.17) is 9.84 Å². The van der Waals surface area contributed by atoms with Crippen LogP contribution < -0.4 is 4.74 Å². The van der Waals surface area contributed by atoms with Crippen LogP contribution in [0.5, 0.6) is 5.88 Å². The molecule has 2 aromatic rings. The van der Waals surface area contributed by atoms with Crippen molar-refractivity contribution in [3.8, 4) is 17.0 Å².